The van der Waals surface area contributed by atoms with E-state index in [0.717, 1.165) is 0 Å². The average molecular weight is 244 g/mol. The molecule has 2 rings (SSSR count). The Hall–Kier alpha value is -2.20. The molecule has 0 aliphatic rings. The fourth-order valence-corrected chi connectivity index (χ4v) is 1.35. The van der Waals surface area contributed by atoms with E-state index in [1.807, 2.05) is 30.3 Å². The molecule has 0 bridgehead atoms. The Labute approximate surface area is 106 Å². The molecule has 0 aliphatic heterocycles. The number of rotatable bonds is 5. The molecule has 0 heterocycles. The Balaban J connectivity index is 1.81. The van der Waals surface area contributed by atoms with E-state index in [0.29, 0.717) is 11.5 Å². The highest BCUT2D eigenvalue weighted by Gasteiger charge is 2.06. The monoisotopic (exact) mass is 244 g/mol. The maximum Gasteiger partial charge on any atom is 0.190 e. The van der Waals surface area contributed by atoms with Gasteiger partial charge in [0.2, 0.25) is 0 Å². The van der Waals surface area contributed by atoms with Crippen LogP contribution in [-0.4, -0.2) is 11.3 Å². The van der Waals surface area contributed by atoms with E-state index in [1.165, 1.54) is 18.7 Å². The van der Waals surface area contributed by atoms with Crippen LogP contribution in [0.5, 0.6) is 17.2 Å². The molecule has 0 aromatic heterocycles. The molecule has 0 aliphatic carbocycles. The average Bonchev–Trinajstić information content (AvgIpc) is 2.39. The third kappa shape index (κ3) is 3.68. The number of hydrogen-bond acceptors (Lipinski definition) is 4. The van der Waals surface area contributed by atoms with Crippen LogP contribution in [0.15, 0.2) is 54.6 Å². The van der Waals surface area contributed by atoms with Gasteiger partial charge >= 0.3 is 0 Å². The van der Waals surface area contributed by atoms with Gasteiger partial charge in [0.1, 0.15) is 17.2 Å². The van der Waals surface area contributed by atoms with Crippen LogP contribution in [0.4, 0.5) is 0 Å². The van der Waals surface area contributed by atoms with Crippen molar-refractivity contribution in [2.24, 2.45) is 5.73 Å². The van der Waals surface area contributed by atoms with Gasteiger partial charge in [-0.3, -0.25) is 5.73 Å². The summed E-state index contributed by atoms with van der Waals surface area (Å²) in [5.41, 5.74) is 5.73. The van der Waals surface area contributed by atoms with Crippen molar-refractivity contribution in [1.29, 1.82) is 0 Å². The van der Waals surface area contributed by atoms with Crippen molar-refractivity contribution in [3.63, 3.8) is 0 Å². The number of phenolic OH excluding ortho intramolecular Hbond substituents is 1. The predicted octanol–water partition coefficient (Wildman–Crippen LogP) is 2.30. The summed E-state index contributed by atoms with van der Waals surface area (Å²) in [6.07, 6.45) is -0.666. The van der Waals surface area contributed by atoms with Gasteiger partial charge in [-0.25, -0.2) is 0 Å². The minimum absolute atomic E-state index is 0.187. The smallest absolute Gasteiger partial charge is 0.190 e. The normalized spacial score (nSPS) is 11.8. The third-order valence-corrected chi connectivity index (χ3v) is 2.19. The molecule has 0 amide bonds. The first-order valence-corrected chi connectivity index (χ1v) is 5.50. The number of hydrogen-bond donors (Lipinski definition) is 2. The quantitative estimate of drug-likeness (QED) is 0.792. The van der Waals surface area contributed by atoms with Gasteiger partial charge in [0.25, 0.3) is 0 Å². The van der Waals surface area contributed by atoms with Crippen LogP contribution >= 0.6 is 0 Å². The van der Waals surface area contributed by atoms with Gasteiger partial charge in [-0.05, 0) is 36.4 Å². The standard InChI is InChI=1S/C14H14NO3/c15-14(18-13-4-2-1-3-5-13)10-17-12-8-6-11(16)7-9-12/h1-10,14,16H,15H2. The Morgan fingerprint density at radius 3 is 2.28 bits per heavy atom. The van der Waals surface area contributed by atoms with Gasteiger partial charge in [0, 0.05) is 0 Å². The highest BCUT2D eigenvalue weighted by atomic mass is 16.5. The Morgan fingerprint density at radius 2 is 1.61 bits per heavy atom. The van der Waals surface area contributed by atoms with Gasteiger partial charge in [0.15, 0.2) is 12.8 Å². The van der Waals surface area contributed by atoms with Crippen LogP contribution in [0.25, 0.3) is 0 Å². The van der Waals surface area contributed by atoms with Crippen molar-refractivity contribution in [1.82, 2.24) is 0 Å². The van der Waals surface area contributed by atoms with E-state index in [4.69, 9.17) is 20.3 Å². The zero-order valence-electron chi connectivity index (χ0n) is 9.69. The Bertz CT molecular complexity index is 470. The number of benzene rings is 2. The highest BCUT2D eigenvalue weighted by molar-refractivity contribution is 5.30. The lowest BCUT2D eigenvalue weighted by atomic mass is 10.3. The second-order valence-corrected chi connectivity index (χ2v) is 3.64. The molecule has 1 radical (unpaired) electrons. The summed E-state index contributed by atoms with van der Waals surface area (Å²) in [5.74, 6) is 1.45. The minimum Gasteiger partial charge on any atom is -0.508 e. The molecule has 2 aromatic rings. The fraction of sp³-hybridized carbons (Fsp3) is 0.0714. The highest BCUT2D eigenvalue weighted by Crippen LogP contribution is 2.17. The molecule has 0 saturated heterocycles. The van der Waals surface area contributed by atoms with Gasteiger partial charge in [-0.2, -0.15) is 0 Å². The molecule has 18 heavy (non-hydrogen) atoms. The van der Waals surface area contributed by atoms with E-state index < -0.39 is 6.23 Å². The van der Waals surface area contributed by atoms with Gasteiger partial charge in [-0.1, -0.05) is 18.2 Å². The molecule has 2 aromatic carbocycles. The first-order valence-electron chi connectivity index (χ1n) is 5.50. The van der Waals surface area contributed by atoms with Gasteiger partial charge in [-0.15, -0.1) is 0 Å². The van der Waals surface area contributed by atoms with Crippen molar-refractivity contribution in [3.05, 3.63) is 61.2 Å². The molecule has 0 saturated carbocycles. The number of para-hydroxylation sites is 1. The SMILES string of the molecule is NC([CH]Oc1ccc(O)cc1)Oc1ccccc1. The fourth-order valence-electron chi connectivity index (χ4n) is 1.35. The molecule has 0 spiro atoms. The lowest BCUT2D eigenvalue weighted by Gasteiger charge is -2.14. The maximum atomic E-state index is 9.11. The second-order valence-electron chi connectivity index (χ2n) is 3.64. The topological polar surface area (TPSA) is 64.7 Å². The van der Waals surface area contributed by atoms with Crippen molar-refractivity contribution in [3.8, 4) is 17.2 Å². The van der Waals surface area contributed by atoms with Crippen LogP contribution in [0.3, 0.4) is 0 Å². The lowest BCUT2D eigenvalue weighted by Crippen LogP contribution is -2.29. The molecule has 1 unspecified atom stereocenters. The summed E-state index contributed by atoms with van der Waals surface area (Å²) in [6.45, 7) is 1.39. The molecule has 0 fully saturated rings. The summed E-state index contributed by atoms with van der Waals surface area (Å²) >= 11 is 0. The first kappa shape index (κ1) is 12.3. The predicted molar refractivity (Wildman–Crippen MR) is 68.1 cm³/mol. The molecule has 4 heteroatoms. The molecule has 93 valence electrons. The van der Waals surface area contributed by atoms with Crippen LogP contribution < -0.4 is 15.2 Å². The first-order chi connectivity index (χ1) is 8.74. The minimum atomic E-state index is -0.666. The van der Waals surface area contributed by atoms with Gasteiger partial charge < -0.3 is 14.6 Å². The molecule has 4 nitrogen and oxygen atoms in total. The van der Waals surface area contributed by atoms with Crippen molar-refractivity contribution >= 4 is 0 Å². The summed E-state index contributed by atoms with van der Waals surface area (Å²) in [5, 5.41) is 9.11. The van der Waals surface area contributed by atoms with E-state index in [-0.39, 0.29) is 5.75 Å². The molecular formula is C14H14NO3. The van der Waals surface area contributed by atoms with Crippen molar-refractivity contribution < 1.29 is 14.6 Å². The molecule has 3 N–H and O–H groups in total. The third-order valence-electron chi connectivity index (χ3n) is 2.19. The number of nitrogens with two attached hydrogens (primary N) is 1. The van der Waals surface area contributed by atoms with E-state index >= 15 is 0 Å². The summed E-state index contributed by atoms with van der Waals surface area (Å²) in [4.78, 5) is 0. The van der Waals surface area contributed by atoms with Crippen LogP contribution in [0.2, 0.25) is 0 Å². The largest absolute Gasteiger partial charge is 0.508 e. The van der Waals surface area contributed by atoms with Crippen molar-refractivity contribution in [2.45, 2.75) is 6.23 Å². The molecule has 1 atom stereocenters. The van der Waals surface area contributed by atoms with Crippen LogP contribution in [0.1, 0.15) is 0 Å². The van der Waals surface area contributed by atoms with E-state index in [1.54, 1.807) is 12.1 Å². The van der Waals surface area contributed by atoms with Crippen molar-refractivity contribution in [2.75, 3.05) is 0 Å². The summed E-state index contributed by atoms with van der Waals surface area (Å²) in [7, 11) is 0. The number of phenols is 1. The lowest BCUT2D eigenvalue weighted by molar-refractivity contribution is 0.182. The van der Waals surface area contributed by atoms with Crippen LogP contribution in [0, 0.1) is 6.61 Å². The number of ether oxygens (including phenoxy) is 2. The van der Waals surface area contributed by atoms with Crippen LogP contribution in [-0.2, 0) is 0 Å². The van der Waals surface area contributed by atoms with Gasteiger partial charge in [0.05, 0.1) is 0 Å². The zero-order valence-corrected chi connectivity index (χ0v) is 9.69. The molecular weight excluding hydrogens is 230 g/mol. The maximum absolute atomic E-state index is 9.11. The Morgan fingerprint density at radius 1 is 0.944 bits per heavy atom. The summed E-state index contributed by atoms with van der Waals surface area (Å²) < 4.78 is 10.7. The summed E-state index contributed by atoms with van der Waals surface area (Å²) in [6, 6.07) is 15.6. The second kappa shape index (κ2) is 5.93. The Kier molecular flexibility index (Phi) is 4.04. The van der Waals surface area contributed by atoms with E-state index in [2.05, 4.69) is 0 Å². The zero-order chi connectivity index (χ0) is 12.8. The van der Waals surface area contributed by atoms with E-state index in [9.17, 15) is 0 Å². The number of aromatic hydroxyl groups is 1.